The molecule has 0 aromatic heterocycles. The Morgan fingerprint density at radius 1 is 1.28 bits per heavy atom. The lowest BCUT2D eigenvalue weighted by molar-refractivity contribution is -0.122. The lowest BCUT2D eigenvalue weighted by Gasteiger charge is -2.33. The molecule has 1 amide bonds. The summed E-state index contributed by atoms with van der Waals surface area (Å²) in [6, 6.07) is 3.66. The van der Waals surface area contributed by atoms with Crippen molar-refractivity contribution >= 4 is 44.8 Å². The van der Waals surface area contributed by atoms with E-state index in [0.29, 0.717) is 10.7 Å². The van der Waals surface area contributed by atoms with Gasteiger partial charge in [0, 0.05) is 6.04 Å². The Hall–Kier alpha value is -1.02. The van der Waals surface area contributed by atoms with Crippen molar-refractivity contribution < 1.29 is 13.2 Å². The molecule has 140 valence electrons. The molecule has 0 saturated carbocycles. The van der Waals surface area contributed by atoms with E-state index in [0.717, 1.165) is 36.5 Å². The van der Waals surface area contributed by atoms with E-state index in [4.69, 9.17) is 23.2 Å². The van der Waals surface area contributed by atoms with E-state index < -0.39 is 16.1 Å². The molecule has 1 unspecified atom stereocenters. The van der Waals surface area contributed by atoms with Crippen molar-refractivity contribution in [3.63, 3.8) is 0 Å². The lowest BCUT2D eigenvalue weighted by Crippen LogP contribution is -2.52. The number of halogens is 2. The molecule has 9 heteroatoms. The summed E-state index contributed by atoms with van der Waals surface area (Å²) in [7, 11) is -1.64. The van der Waals surface area contributed by atoms with Gasteiger partial charge in [-0.25, -0.2) is 8.42 Å². The number of carbonyl (C=O) groups excluding carboxylic acids is 1. The van der Waals surface area contributed by atoms with E-state index >= 15 is 0 Å². The van der Waals surface area contributed by atoms with Gasteiger partial charge in [0.05, 0.1) is 22.0 Å². The summed E-state index contributed by atoms with van der Waals surface area (Å²) < 4.78 is 25.6. The van der Waals surface area contributed by atoms with Gasteiger partial charge < -0.3 is 10.2 Å². The predicted molar refractivity (Wildman–Crippen MR) is 102 cm³/mol. The second kappa shape index (κ2) is 8.12. The minimum Gasteiger partial charge on any atom is -0.351 e. The van der Waals surface area contributed by atoms with Crippen LogP contribution in [0.3, 0.4) is 0 Å². The van der Waals surface area contributed by atoms with Crippen LogP contribution >= 0.6 is 23.2 Å². The number of piperidine rings is 1. The summed E-state index contributed by atoms with van der Waals surface area (Å²) in [6.45, 7) is 3.37. The van der Waals surface area contributed by atoms with Gasteiger partial charge in [-0.1, -0.05) is 23.2 Å². The van der Waals surface area contributed by atoms with Gasteiger partial charge in [-0.3, -0.25) is 9.10 Å². The van der Waals surface area contributed by atoms with Crippen molar-refractivity contribution in [3.05, 3.63) is 28.2 Å². The van der Waals surface area contributed by atoms with Crippen LogP contribution in [0.4, 0.5) is 5.69 Å². The zero-order chi connectivity index (χ0) is 18.8. The molecular weight excluding hydrogens is 385 g/mol. The van der Waals surface area contributed by atoms with Gasteiger partial charge in [-0.15, -0.1) is 0 Å². The molecule has 25 heavy (non-hydrogen) atoms. The number of rotatable bonds is 5. The molecule has 0 aliphatic carbocycles. The number of hydrogen-bond acceptors (Lipinski definition) is 4. The molecular formula is C16H23Cl2N3O3S. The zero-order valence-corrected chi connectivity index (χ0v) is 16.8. The number of benzene rings is 1. The highest BCUT2D eigenvalue weighted by Gasteiger charge is 2.31. The first-order valence-corrected chi connectivity index (χ1v) is 10.6. The van der Waals surface area contributed by atoms with Crippen LogP contribution in [0.25, 0.3) is 0 Å². The molecule has 1 N–H and O–H groups in total. The molecule has 1 fully saturated rings. The van der Waals surface area contributed by atoms with Crippen molar-refractivity contribution in [2.75, 3.05) is 30.7 Å². The maximum Gasteiger partial charge on any atom is 0.243 e. The fourth-order valence-electron chi connectivity index (χ4n) is 2.91. The zero-order valence-electron chi connectivity index (χ0n) is 14.5. The Morgan fingerprint density at radius 3 is 2.40 bits per heavy atom. The summed E-state index contributed by atoms with van der Waals surface area (Å²) in [5.74, 6) is -0.328. The quantitative estimate of drug-likeness (QED) is 0.812. The van der Waals surface area contributed by atoms with Gasteiger partial charge in [0.25, 0.3) is 0 Å². The van der Waals surface area contributed by atoms with Crippen molar-refractivity contribution in [1.82, 2.24) is 10.2 Å². The molecule has 6 nitrogen and oxygen atoms in total. The normalized spacial score (nSPS) is 18.0. The fraction of sp³-hybridized carbons (Fsp3) is 0.562. The van der Waals surface area contributed by atoms with Crippen LogP contribution in [0, 0.1) is 0 Å². The average Bonchev–Trinajstić information content (AvgIpc) is 2.51. The van der Waals surface area contributed by atoms with Crippen LogP contribution in [0.15, 0.2) is 18.2 Å². The average molecular weight is 408 g/mol. The molecule has 0 radical (unpaired) electrons. The van der Waals surface area contributed by atoms with E-state index in [9.17, 15) is 13.2 Å². The summed E-state index contributed by atoms with van der Waals surface area (Å²) in [5, 5.41) is 3.51. The first kappa shape index (κ1) is 20.3. The predicted octanol–water partition coefficient (Wildman–Crippen LogP) is 2.36. The summed E-state index contributed by atoms with van der Waals surface area (Å²) in [6.07, 6.45) is 2.76. The first-order valence-electron chi connectivity index (χ1n) is 8.03. The van der Waals surface area contributed by atoms with Gasteiger partial charge in [0.2, 0.25) is 15.9 Å². The molecule has 2 rings (SSSR count). The largest absolute Gasteiger partial charge is 0.351 e. The maximum atomic E-state index is 12.6. The van der Waals surface area contributed by atoms with Crippen molar-refractivity contribution in [1.29, 1.82) is 0 Å². The number of likely N-dealkylation sites (tertiary alicyclic amines) is 1. The third-order valence-electron chi connectivity index (χ3n) is 4.31. The van der Waals surface area contributed by atoms with Crippen LogP contribution in [0.2, 0.25) is 10.0 Å². The number of amides is 1. The Bertz CT molecular complexity index is 734. The number of carbonyl (C=O) groups is 1. The highest BCUT2D eigenvalue weighted by molar-refractivity contribution is 7.92. The molecule has 0 bridgehead atoms. The van der Waals surface area contributed by atoms with Crippen LogP contribution in [-0.4, -0.2) is 57.7 Å². The van der Waals surface area contributed by atoms with Crippen molar-refractivity contribution in [2.24, 2.45) is 0 Å². The summed E-state index contributed by atoms with van der Waals surface area (Å²) in [4.78, 5) is 14.8. The Morgan fingerprint density at radius 2 is 1.88 bits per heavy atom. The Labute approximate surface area is 159 Å². The van der Waals surface area contributed by atoms with E-state index in [1.807, 2.05) is 7.05 Å². The van der Waals surface area contributed by atoms with Gasteiger partial charge in [0.1, 0.15) is 6.04 Å². The first-order chi connectivity index (χ1) is 11.6. The lowest BCUT2D eigenvalue weighted by atomic mass is 10.1. The molecule has 1 aromatic carbocycles. The highest BCUT2D eigenvalue weighted by atomic mass is 35.5. The van der Waals surface area contributed by atoms with Crippen molar-refractivity contribution in [3.8, 4) is 0 Å². The highest BCUT2D eigenvalue weighted by Crippen LogP contribution is 2.29. The Balaban J connectivity index is 2.19. The van der Waals surface area contributed by atoms with Gasteiger partial charge in [0.15, 0.2) is 0 Å². The fourth-order valence-corrected chi connectivity index (χ4v) is 4.36. The second-order valence-corrected chi connectivity index (χ2v) is 9.09. The third-order valence-corrected chi connectivity index (χ3v) is 6.29. The number of anilines is 1. The van der Waals surface area contributed by atoms with Crippen LogP contribution < -0.4 is 9.62 Å². The van der Waals surface area contributed by atoms with Crippen LogP contribution in [0.5, 0.6) is 0 Å². The van der Waals surface area contributed by atoms with Crippen molar-refractivity contribution in [2.45, 2.75) is 31.8 Å². The monoisotopic (exact) mass is 407 g/mol. The van der Waals surface area contributed by atoms with Gasteiger partial charge in [-0.2, -0.15) is 0 Å². The molecule has 1 atom stereocenters. The third kappa shape index (κ3) is 5.23. The van der Waals surface area contributed by atoms with E-state index in [2.05, 4.69) is 10.2 Å². The smallest absolute Gasteiger partial charge is 0.243 e. The minimum atomic E-state index is -3.68. The summed E-state index contributed by atoms with van der Waals surface area (Å²) >= 11 is 11.9. The topological polar surface area (TPSA) is 69.7 Å². The van der Waals surface area contributed by atoms with Gasteiger partial charge >= 0.3 is 0 Å². The number of sulfonamides is 1. The van der Waals surface area contributed by atoms with E-state index in [1.165, 1.54) is 18.2 Å². The molecule has 1 aromatic rings. The molecule has 1 aliphatic rings. The molecule has 1 heterocycles. The number of hydrogen-bond donors (Lipinski definition) is 1. The maximum absolute atomic E-state index is 12.6. The SMILES string of the molecule is CC(C(=O)NC1CCN(C)CC1)N(c1ccc(Cl)c(Cl)c1)S(C)(=O)=O. The second-order valence-electron chi connectivity index (χ2n) is 6.42. The van der Waals surface area contributed by atoms with Crippen LogP contribution in [-0.2, 0) is 14.8 Å². The molecule has 1 saturated heterocycles. The molecule has 0 spiro atoms. The standard InChI is InChI=1S/C16H23Cl2N3O3S/c1-11(16(22)19-12-6-8-20(2)9-7-12)21(25(3,23)24)13-4-5-14(17)15(18)10-13/h4-5,10-12H,6-9H2,1-3H3,(H,19,22). The molecule has 1 aliphatic heterocycles. The Kier molecular flexibility index (Phi) is 6.59. The minimum absolute atomic E-state index is 0.0568. The summed E-state index contributed by atoms with van der Waals surface area (Å²) in [5.41, 5.74) is 0.308. The van der Waals surface area contributed by atoms with Crippen LogP contribution in [0.1, 0.15) is 19.8 Å². The van der Waals surface area contributed by atoms with E-state index in [1.54, 1.807) is 6.92 Å². The number of nitrogens with one attached hydrogen (secondary N) is 1. The number of nitrogens with zero attached hydrogens (tertiary/aromatic N) is 2. The van der Waals surface area contributed by atoms with Gasteiger partial charge in [-0.05, 0) is 58.1 Å². The van der Waals surface area contributed by atoms with E-state index in [-0.39, 0.29) is 17.0 Å².